The Bertz CT molecular complexity index is 411. The number of nitrogens with zero attached hydrogens (tertiary/aromatic N) is 2. The van der Waals surface area contributed by atoms with Crippen LogP contribution >= 0.6 is 0 Å². The third kappa shape index (κ3) is 4.61. The van der Waals surface area contributed by atoms with Crippen LogP contribution in [0.25, 0.3) is 0 Å². The molecule has 1 unspecified atom stereocenters. The smallest absolute Gasteiger partial charge is 0.119 e. The molecule has 0 saturated carbocycles. The van der Waals surface area contributed by atoms with Crippen LogP contribution in [-0.2, 0) is 0 Å². The summed E-state index contributed by atoms with van der Waals surface area (Å²) in [5, 5.41) is 3.53. The van der Waals surface area contributed by atoms with E-state index in [1.54, 1.807) is 7.11 Å². The van der Waals surface area contributed by atoms with Gasteiger partial charge in [-0.3, -0.25) is 4.90 Å². The quantitative estimate of drug-likeness (QED) is 0.869. The predicted molar refractivity (Wildman–Crippen MR) is 89.4 cm³/mol. The van der Waals surface area contributed by atoms with E-state index in [4.69, 9.17) is 4.74 Å². The molecule has 118 valence electrons. The van der Waals surface area contributed by atoms with Gasteiger partial charge in [0.25, 0.3) is 0 Å². The van der Waals surface area contributed by atoms with Crippen LogP contribution in [0.2, 0.25) is 0 Å². The number of benzene rings is 1. The summed E-state index contributed by atoms with van der Waals surface area (Å²) in [5.41, 5.74) is 1.29. The van der Waals surface area contributed by atoms with Gasteiger partial charge in [0.2, 0.25) is 0 Å². The van der Waals surface area contributed by atoms with Gasteiger partial charge in [-0.2, -0.15) is 0 Å². The zero-order valence-electron chi connectivity index (χ0n) is 13.8. The molecule has 1 aromatic carbocycles. The van der Waals surface area contributed by atoms with Crippen LogP contribution in [0.3, 0.4) is 0 Å². The maximum atomic E-state index is 5.22. The summed E-state index contributed by atoms with van der Waals surface area (Å²) in [4.78, 5) is 5.04. The van der Waals surface area contributed by atoms with E-state index in [0.29, 0.717) is 12.1 Å². The molecule has 1 aliphatic heterocycles. The molecular weight excluding hydrogens is 262 g/mol. The van der Waals surface area contributed by atoms with Gasteiger partial charge in [-0.25, -0.2) is 0 Å². The number of rotatable bonds is 6. The first-order chi connectivity index (χ1) is 10.1. The van der Waals surface area contributed by atoms with Crippen molar-refractivity contribution in [2.24, 2.45) is 0 Å². The maximum Gasteiger partial charge on any atom is 0.119 e. The molecule has 21 heavy (non-hydrogen) atoms. The molecule has 4 heteroatoms. The second-order valence-electron chi connectivity index (χ2n) is 6.13. The molecule has 0 spiro atoms. The highest BCUT2D eigenvalue weighted by atomic mass is 16.5. The minimum absolute atomic E-state index is 0.563. The molecule has 4 nitrogen and oxygen atoms in total. The van der Waals surface area contributed by atoms with Gasteiger partial charge in [-0.15, -0.1) is 0 Å². The van der Waals surface area contributed by atoms with Crippen molar-refractivity contribution in [3.05, 3.63) is 24.3 Å². The standard InChI is InChI=1S/C17H29N3O/c1-14(2)18-13-15(3)19-9-11-20(12-10-19)16-5-7-17(21-4)8-6-16/h5-8,14-15,18H,9-13H2,1-4H3. The molecule has 1 N–H and O–H groups in total. The molecule has 1 aromatic rings. The van der Waals surface area contributed by atoms with Gasteiger partial charge in [-0.05, 0) is 31.2 Å². The molecule has 1 heterocycles. The topological polar surface area (TPSA) is 27.7 Å². The zero-order valence-corrected chi connectivity index (χ0v) is 13.8. The number of ether oxygens (including phenoxy) is 1. The Morgan fingerprint density at radius 2 is 1.67 bits per heavy atom. The van der Waals surface area contributed by atoms with Crippen molar-refractivity contribution in [2.75, 3.05) is 44.7 Å². The molecular formula is C17H29N3O. The molecule has 0 radical (unpaired) electrons. The van der Waals surface area contributed by atoms with Gasteiger partial charge in [-0.1, -0.05) is 13.8 Å². The number of hydrogen-bond acceptors (Lipinski definition) is 4. The Morgan fingerprint density at radius 3 is 2.19 bits per heavy atom. The zero-order chi connectivity index (χ0) is 15.2. The maximum absolute atomic E-state index is 5.22. The number of hydrogen-bond donors (Lipinski definition) is 1. The molecule has 0 bridgehead atoms. The number of methoxy groups -OCH3 is 1. The normalized spacial score (nSPS) is 18.0. The summed E-state index contributed by atoms with van der Waals surface area (Å²) in [6.07, 6.45) is 0. The first-order valence-corrected chi connectivity index (χ1v) is 7.96. The summed E-state index contributed by atoms with van der Waals surface area (Å²) < 4.78 is 5.22. The van der Waals surface area contributed by atoms with Crippen molar-refractivity contribution in [3.8, 4) is 5.75 Å². The molecule has 1 saturated heterocycles. The third-order valence-electron chi connectivity index (χ3n) is 4.20. The average molecular weight is 291 g/mol. The summed E-state index contributed by atoms with van der Waals surface area (Å²) in [6, 6.07) is 9.54. The lowest BCUT2D eigenvalue weighted by Crippen LogP contribution is -2.52. The number of piperazine rings is 1. The molecule has 1 fully saturated rings. The van der Waals surface area contributed by atoms with E-state index in [1.807, 2.05) is 12.1 Å². The first-order valence-electron chi connectivity index (χ1n) is 7.96. The Balaban J connectivity index is 1.82. The summed E-state index contributed by atoms with van der Waals surface area (Å²) in [7, 11) is 1.71. The molecule has 0 aromatic heterocycles. The third-order valence-corrected chi connectivity index (χ3v) is 4.20. The molecule has 1 aliphatic rings. The molecule has 2 rings (SSSR count). The highest BCUT2D eigenvalue weighted by Crippen LogP contribution is 2.20. The van der Waals surface area contributed by atoms with Gasteiger partial charge in [0.15, 0.2) is 0 Å². The van der Waals surface area contributed by atoms with Crippen LogP contribution in [0.15, 0.2) is 24.3 Å². The second kappa shape index (κ2) is 7.66. The fourth-order valence-electron chi connectivity index (χ4n) is 2.75. The van der Waals surface area contributed by atoms with Crippen LogP contribution in [0.1, 0.15) is 20.8 Å². The van der Waals surface area contributed by atoms with Crippen LogP contribution in [-0.4, -0.2) is 56.8 Å². The molecule has 0 amide bonds. The van der Waals surface area contributed by atoms with Crippen molar-refractivity contribution in [2.45, 2.75) is 32.9 Å². The van der Waals surface area contributed by atoms with E-state index >= 15 is 0 Å². The van der Waals surface area contributed by atoms with Crippen molar-refractivity contribution in [1.82, 2.24) is 10.2 Å². The van der Waals surface area contributed by atoms with Gasteiger partial charge in [0.1, 0.15) is 5.75 Å². The van der Waals surface area contributed by atoms with Crippen LogP contribution < -0.4 is 15.0 Å². The summed E-state index contributed by atoms with van der Waals surface area (Å²) in [5.74, 6) is 0.922. The Kier molecular flexibility index (Phi) is 5.88. The number of anilines is 1. The van der Waals surface area contributed by atoms with E-state index in [2.05, 4.69) is 48.0 Å². The second-order valence-corrected chi connectivity index (χ2v) is 6.13. The SMILES string of the molecule is COc1ccc(N2CCN(C(C)CNC(C)C)CC2)cc1. The highest BCUT2D eigenvalue weighted by molar-refractivity contribution is 5.49. The monoisotopic (exact) mass is 291 g/mol. The largest absolute Gasteiger partial charge is 0.497 e. The van der Waals surface area contributed by atoms with Crippen molar-refractivity contribution in [1.29, 1.82) is 0 Å². The lowest BCUT2D eigenvalue weighted by atomic mass is 10.2. The van der Waals surface area contributed by atoms with E-state index in [1.165, 1.54) is 5.69 Å². The van der Waals surface area contributed by atoms with Gasteiger partial charge in [0.05, 0.1) is 7.11 Å². The van der Waals surface area contributed by atoms with Gasteiger partial charge >= 0.3 is 0 Å². The van der Waals surface area contributed by atoms with Crippen molar-refractivity contribution in [3.63, 3.8) is 0 Å². The van der Waals surface area contributed by atoms with Crippen LogP contribution in [0.5, 0.6) is 5.75 Å². The predicted octanol–water partition coefficient (Wildman–Crippen LogP) is 2.20. The Morgan fingerprint density at radius 1 is 1.05 bits per heavy atom. The van der Waals surface area contributed by atoms with Crippen molar-refractivity contribution >= 4 is 5.69 Å². The van der Waals surface area contributed by atoms with Crippen LogP contribution in [0, 0.1) is 0 Å². The Hall–Kier alpha value is -1.26. The van der Waals surface area contributed by atoms with Gasteiger partial charge < -0.3 is 15.0 Å². The van der Waals surface area contributed by atoms with E-state index < -0.39 is 0 Å². The molecule has 1 atom stereocenters. The lowest BCUT2D eigenvalue weighted by Gasteiger charge is -2.39. The van der Waals surface area contributed by atoms with Crippen LogP contribution in [0.4, 0.5) is 5.69 Å². The van der Waals surface area contributed by atoms with E-state index in [9.17, 15) is 0 Å². The number of nitrogens with one attached hydrogen (secondary N) is 1. The lowest BCUT2D eigenvalue weighted by molar-refractivity contribution is 0.191. The van der Waals surface area contributed by atoms with Gasteiger partial charge in [0, 0.05) is 50.5 Å². The highest BCUT2D eigenvalue weighted by Gasteiger charge is 2.21. The van der Waals surface area contributed by atoms with Crippen molar-refractivity contribution < 1.29 is 4.74 Å². The Labute approximate surface area is 129 Å². The first kappa shape index (κ1) is 16.1. The fourth-order valence-corrected chi connectivity index (χ4v) is 2.75. The van der Waals surface area contributed by atoms with E-state index in [-0.39, 0.29) is 0 Å². The fraction of sp³-hybridized carbons (Fsp3) is 0.647. The summed E-state index contributed by atoms with van der Waals surface area (Å²) >= 11 is 0. The molecule has 0 aliphatic carbocycles. The minimum atomic E-state index is 0.563. The van der Waals surface area contributed by atoms with E-state index in [0.717, 1.165) is 38.5 Å². The average Bonchev–Trinajstić information content (AvgIpc) is 2.53. The summed E-state index contributed by atoms with van der Waals surface area (Å²) in [6.45, 7) is 12.2. The minimum Gasteiger partial charge on any atom is -0.497 e.